The Morgan fingerprint density at radius 2 is 2.10 bits per heavy atom. The van der Waals surface area contributed by atoms with Gasteiger partial charge in [0.25, 0.3) is 5.91 Å². The van der Waals surface area contributed by atoms with Gasteiger partial charge in [-0.05, 0) is 40.9 Å². The number of hydrogen-bond acceptors (Lipinski definition) is 4. The Hall–Kier alpha value is -1.33. The molecule has 1 rings (SSSR count). The van der Waals surface area contributed by atoms with Crippen LogP contribution < -0.4 is 5.32 Å². The first-order valence-corrected chi connectivity index (χ1v) is 7.63. The van der Waals surface area contributed by atoms with Crippen LogP contribution >= 0.6 is 11.6 Å². The number of rotatable bonds is 7. The van der Waals surface area contributed by atoms with Crippen LogP contribution in [0.4, 0.5) is 5.82 Å². The molecule has 0 aliphatic heterocycles. The summed E-state index contributed by atoms with van der Waals surface area (Å²) < 4.78 is 0. The average Bonchev–Trinajstić information content (AvgIpc) is 2.41. The van der Waals surface area contributed by atoms with Crippen LogP contribution in [0, 0.1) is 0 Å². The highest BCUT2D eigenvalue weighted by atomic mass is 35.5. The Kier molecular flexibility index (Phi) is 6.92. The molecule has 1 atom stereocenters. The SMILES string of the molecule is CCNc1ncc(C(=O)N(CC)C(C)CN(C)C)cc1Cl. The monoisotopic (exact) mass is 312 g/mol. The summed E-state index contributed by atoms with van der Waals surface area (Å²) in [6, 6.07) is 1.81. The number of pyridine rings is 1. The van der Waals surface area contributed by atoms with E-state index in [0.29, 0.717) is 22.9 Å². The van der Waals surface area contributed by atoms with Crippen LogP contribution in [0.25, 0.3) is 0 Å². The van der Waals surface area contributed by atoms with E-state index in [-0.39, 0.29) is 11.9 Å². The molecular weight excluding hydrogens is 288 g/mol. The van der Waals surface area contributed by atoms with Gasteiger partial charge in [-0.3, -0.25) is 4.79 Å². The van der Waals surface area contributed by atoms with Gasteiger partial charge in [-0.15, -0.1) is 0 Å². The van der Waals surface area contributed by atoms with Crippen molar-refractivity contribution in [2.45, 2.75) is 26.8 Å². The predicted molar refractivity (Wildman–Crippen MR) is 88.1 cm³/mol. The number of hydrogen-bond donors (Lipinski definition) is 1. The van der Waals surface area contributed by atoms with Gasteiger partial charge in [0.2, 0.25) is 0 Å². The van der Waals surface area contributed by atoms with E-state index in [4.69, 9.17) is 11.6 Å². The number of amides is 1. The van der Waals surface area contributed by atoms with Crippen LogP contribution in [0.5, 0.6) is 0 Å². The summed E-state index contributed by atoms with van der Waals surface area (Å²) >= 11 is 6.16. The molecule has 118 valence electrons. The third kappa shape index (κ3) is 4.86. The number of nitrogens with zero attached hydrogens (tertiary/aromatic N) is 3. The van der Waals surface area contributed by atoms with Crippen molar-refractivity contribution in [1.82, 2.24) is 14.8 Å². The molecule has 0 saturated carbocycles. The van der Waals surface area contributed by atoms with Gasteiger partial charge in [-0.1, -0.05) is 11.6 Å². The van der Waals surface area contributed by atoms with E-state index in [1.807, 2.05) is 39.8 Å². The van der Waals surface area contributed by atoms with E-state index >= 15 is 0 Å². The molecule has 0 aliphatic carbocycles. The van der Waals surface area contributed by atoms with E-state index < -0.39 is 0 Å². The van der Waals surface area contributed by atoms with Crippen molar-refractivity contribution in [2.24, 2.45) is 0 Å². The molecule has 1 N–H and O–H groups in total. The maximum Gasteiger partial charge on any atom is 0.255 e. The maximum absolute atomic E-state index is 12.6. The zero-order chi connectivity index (χ0) is 16.0. The summed E-state index contributed by atoms with van der Waals surface area (Å²) in [5.41, 5.74) is 0.522. The average molecular weight is 313 g/mol. The molecule has 1 unspecified atom stereocenters. The highest BCUT2D eigenvalue weighted by Crippen LogP contribution is 2.21. The Morgan fingerprint density at radius 1 is 1.43 bits per heavy atom. The summed E-state index contributed by atoms with van der Waals surface area (Å²) in [6.45, 7) is 8.20. The van der Waals surface area contributed by atoms with Crippen LogP contribution in [0.15, 0.2) is 12.3 Å². The molecule has 0 saturated heterocycles. The second-order valence-electron chi connectivity index (χ2n) is 5.29. The minimum atomic E-state index is -0.0377. The van der Waals surface area contributed by atoms with Crippen molar-refractivity contribution < 1.29 is 4.79 Å². The van der Waals surface area contributed by atoms with Crippen molar-refractivity contribution in [3.05, 3.63) is 22.8 Å². The topological polar surface area (TPSA) is 48.5 Å². The number of carbonyl (C=O) groups excluding carboxylic acids is 1. The largest absolute Gasteiger partial charge is 0.369 e. The zero-order valence-electron chi connectivity index (χ0n) is 13.5. The van der Waals surface area contributed by atoms with Gasteiger partial charge in [-0.2, -0.15) is 0 Å². The Balaban J connectivity index is 2.92. The fourth-order valence-electron chi connectivity index (χ4n) is 2.30. The van der Waals surface area contributed by atoms with Gasteiger partial charge in [0.15, 0.2) is 0 Å². The third-order valence-corrected chi connectivity index (χ3v) is 3.48. The lowest BCUT2D eigenvalue weighted by molar-refractivity contribution is 0.0678. The lowest BCUT2D eigenvalue weighted by atomic mass is 10.2. The lowest BCUT2D eigenvalue weighted by Gasteiger charge is -2.30. The smallest absolute Gasteiger partial charge is 0.255 e. The number of nitrogens with one attached hydrogen (secondary N) is 1. The lowest BCUT2D eigenvalue weighted by Crippen LogP contribution is -2.43. The fraction of sp³-hybridized carbons (Fsp3) is 0.600. The molecule has 21 heavy (non-hydrogen) atoms. The van der Waals surface area contributed by atoms with Crippen molar-refractivity contribution in [2.75, 3.05) is 39.0 Å². The first-order valence-electron chi connectivity index (χ1n) is 7.25. The number of aromatic nitrogens is 1. The minimum absolute atomic E-state index is 0.0377. The first kappa shape index (κ1) is 17.7. The second-order valence-corrected chi connectivity index (χ2v) is 5.69. The van der Waals surface area contributed by atoms with Gasteiger partial charge >= 0.3 is 0 Å². The van der Waals surface area contributed by atoms with Crippen LogP contribution in [0.1, 0.15) is 31.1 Å². The molecule has 6 heteroatoms. The van der Waals surface area contributed by atoms with E-state index in [1.165, 1.54) is 0 Å². The second kappa shape index (κ2) is 8.20. The van der Waals surface area contributed by atoms with E-state index in [2.05, 4.69) is 15.2 Å². The molecule has 0 fully saturated rings. The van der Waals surface area contributed by atoms with E-state index in [0.717, 1.165) is 13.1 Å². The number of anilines is 1. The van der Waals surface area contributed by atoms with Gasteiger partial charge < -0.3 is 15.1 Å². The normalized spacial score (nSPS) is 12.3. The zero-order valence-corrected chi connectivity index (χ0v) is 14.2. The van der Waals surface area contributed by atoms with Gasteiger partial charge in [-0.25, -0.2) is 4.98 Å². The van der Waals surface area contributed by atoms with Crippen LogP contribution in [0.2, 0.25) is 5.02 Å². The highest BCUT2D eigenvalue weighted by Gasteiger charge is 2.21. The molecule has 0 spiro atoms. The van der Waals surface area contributed by atoms with Gasteiger partial charge in [0.1, 0.15) is 5.82 Å². The van der Waals surface area contributed by atoms with E-state index in [1.54, 1.807) is 12.3 Å². The summed E-state index contributed by atoms with van der Waals surface area (Å²) in [5, 5.41) is 3.53. The number of likely N-dealkylation sites (N-methyl/N-ethyl adjacent to an activating group) is 2. The molecule has 1 aromatic heterocycles. The maximum atomic E-state index is 12.6. The van der Waals surface area contributed by atoms with Crippen molar-refractivity contribution in [3.63, 3.8) is 0 Å². The molecular formula is C15H25ClN4O. The van der Waals surface area contributed by atoms with Crippen molar-refractivity contribution in [3.8, 4) is 0 Å². The Labute approximate surface area is 132 Å². The van der Waals surface area contributed by atoms with Crippen LogP contribution in [0.3, 0.4) is 0 Å². The summed E-state index contributed by atoms with van der Waals surface area (Å²) in [6.07, 6.45) is 1.58. The molecule has 5 nitrogen and oxygen atoms in total. The minimum Gasteiger partial charge on any atom is -0.369 e. The summed E-state index contributed by atoms with van der Waals surface area (Å²) in [4.78, 5) is 20.7. The Morgan fingerprint density at radius 3 is 2.57 bits per heavy atom. The number of carbonyl (C=O) groups is 1. The Bertz CT molecular complexity index is 479. The fourth-order valence-corrected chi connectivity index (χ4v) is 2.53. The summed E-state index contributed by atoms with van der Waals surface area (Å²) in [5.74, 6) is 0.574. The highest BCUT2D eigenvalue weighted by molar-refractivity contribution is 6.33. The number of halogens is 1. The first-order chi connectivity index (χ1) is 9.90. The third-order valence-electron chi connectivity index (χ3n) is 3.20. The van der Waals surface area contributed by atoms with Gasteiger partial charge in [0, 0.05) is 31.9 Å². The molecule has 0 radical (unpaired) electrons. The molecule has 1 aromatic rings. The standard InChI is InChI=1S/C15H25ClN4O/c1-6-17-14-13(16)8-12(9-18-14)15(21)20(7-2)11(3)10-19(4)5/h8-9,11H,6-7,10H2,1-5H3,(H,17,18). The molecule has 0 aromatic carbocycles. The predicted octanol–water partition coefficient (Wildman–Crippen LogP) is 2.58. The van der Waals surface area contributed by atoms with Crippen LogP contribution in [-0.2, 0) is 0 Å². The van der Waals surface area contributed by atoms with Crippen molar-refractivity contribution >= 4 is 23.3 Å². The molecule has 0 aliphatic rings. The van der Waals surface area contributed by atoms with Gasteiger partial charge in [0.05, 0.1) is 10.6 Å². The quantitative estimate of drug-likeness (QED) is 0.840. The molecule has 1 heterocycles. The summed E-state index contributed by atoms with van der Waals surface area (Å²) in [7, 11) is 4.00. The van der Waals surface area contributed by atoms with Crippen molar-refractivity contribution in [1.29, 1.82) is 0 Å². The van der Waals surface area contributed by atoms with E-state index in [9.17, 15) is 4.79 Å². The van der Waals surface area contributed by atoms with Crippen LogP contribution in [-0.4, -0.2) is 60.5 Å². The molecule has 0 bridgehead atoms. The molecule has 1 amide bonds.